The zero-order valence-corrected chi connectivity index (χ0v) is 9.55. The third-order valence-electron chi connectivity index (χ3n) is 2.26. The van der Waals surface area contributed by atoms with Crippen molar-refractivity contribution in [2.24, 2.45) is 0 Å². The van der Waals surface area contributed by atoms with Crippen LogP contribution in [0.5, 0.6) is 5.88 Å². The number of rotatable bonds is 4. The van der Waals surface area contributed by atoms with Crippen molar-refractivity contribution in [2.45, 2.75) is 6.54 Å². The highest BCUT2D eigenvalue weighted by molar-refractivity contribution is 5.51. The molecule has 2 aromatic heterocycles. The third kappa shape index (κ3) is 3.07. The van der Waals surface area contributed by atoms with Crippen LogP contribution in [0.3, 0.4) is 0 Å². The lowest BCUT2D eigenvalue weighted by Crippen LogP contribution is -2.01. The topological polar surface area (TPSA) is 73.1 Å². The zero-order valence-electron chi connectivity index (χ0n) is 9.55. The van der Waals surface area contributed by atoms with Gasteiger partial charge in [-0.15, -0.1) is 0 Å². The number of nitrogen functional groups attached to an aromatic ring is 1. The Balaban J connectivity index is 2.02. The fourth-order valence-electron chi connectivity index (χ4n) is 1.43. The number of nitrogens with two attached hydrogens (primary N) is 1. The van der Waals surface area contributed by atoms with E-state index in [4.69, 9.17) is 10.5 Å². The lowest BCUT2D eigenvalue weighted by Gasteiger charge is -2.07. The van der Waals surface area contributed by atoms with Gasteiger partial charge in [0, 0.05) is 25.0 Å². The van der Waals surface area contributed by atoms with Gasteiger partial charge in [0.15, 0.2) is 0 Å². The standard InChI is InChI=1S/C12H14N4O/c1-17-12-4-9(2-3-15-12)6-16-11-5-10(13)7-14-8-11/h2-5,7-8,16H,6,13H2,1H3. The van der Waals surface area contributed by atoms with E-state index in [9.17, 15) is 0 Å². The summed E-state index contributed by atoms with van der Waals surface area (Å²) in [5.41, 5.74) is 8.25. The summed E-state index contributed by atoms with van der Waals surface area (Å²) in [5.74, 6) is 0.606. The molecule has 5 nitrogen and oxygen atoms in total. The van der Waals surface area contributed by atoms with Crippen LogP contribution in [0.25, 0.3) is 0 Å². The Labute approximate surface area is 99.7 Å². The van der Waals surface area contributed by atoms with Crippen LogP contribution in [0.15, 0.2) is 36.8 Å². The average molecular weight is 230 g/mol. The molecule has 88 valence electrons. The smallest absolute Gasteiger partial charge is 0.213 e. The van der Waals surface area contributed by atoms with Gasteiger partial charge in [-0.05, 0) is 17.7 Å². The van der Waals surface area contributed by atoms with Crippen LogP contribution in [-0.2, 0) is 6.54 Å². The second-order valence-corrected chi connectivity index (χ2v) is 3.57. The molecule has 3 N–H and O–H groups in total. The normalized spacial score (nSPS) is 9.94. The lowest BCUT2D eigenvalue weighted by molar-refractivity contribution is 0.397. The minimum absolute atomic E-state index is 0.606. The van der Waals surface area contributed by atoms with Crippen molar-refractivity contribution in [3.8, 4) is 5.88 Å². The van der Waals surface area contributed by atoms with Gasteiger partial charge in [0.1, 0.15) is 0 Å². The minimum atomic E-state index is 0.606. The molecule has 2 aromatic rings. The Morgan fingerprint density at radius 3 is 3.00 bits per heavy atom. The molecule has 0 radical (unpaired) electrons. The summed E-state index contributed by atoms with van der Waals surface area (Å²) in [6.45, 7) is 0.671. The van der Waals surface area contributed by atoms with E-state index in [0.717, 1.165) is 11.3 Å². The van der Waals surface area contributed by atoms with Crippen LogP contribution in [0.2, 0.25) is 0 Å². The van der Waals surface area contributed by atoms with Gasteiger partial charge in [0.05, 0.1) is 24.7 Å². The Hall–Kier alpha value is -2.30. The van der Waals surface area contributed by atoms with Crippen LogP contribution in [0, 0.1) is 0 Å². The molecule has 0 aliphatic carbocycles. The van der Waals surface area contributed by atoms with Crippen molar-refractivity contribution >= 4 is 11.4 Å². The summed E-state index contributed by atoms with van der Waals surface area (Å²) in [4.78, 5) is 8.05. The lowest BCUT2D eigenvalue weighted by atomic mass is 10.2. The van der Waals surface area contributed by atoms with Crippen molar-refractivity contribution in [2.75, 3.05) is 18.2 Å². The third-order valence-corrected chi connectivity index (χ3v) is 2.26. The molecular formula is C12H14N4O. The predicted molar refractivity (Wildman–Crippen MR) is 66.8 cm³/mol. The second-order valence-electron chi connectivity index (χ2n) is 3.57. The van der Waals surface area contributed by atoms with Crippen LogP contribution >= 0.6 is 0 Å². The number of aromatic nitrogens is 2. The monoisotopic (exact) mass is 230 g/mol. The molecule has 2 heterocycles. The molecule has 0 amide bonds. The van der Waals surface area contributed by atoms with E-state index < -0.39 is 0 Å². The molecule has 2 rings (SSSR count). The molecule has 5 heteroatoms. The maximum Gasteiger partial charge on any atom is 0.213 e. The number of nitrogens with one attached hydrogen (secondary N) is 1. The van der Waals surface area contributed by atoms with Crippen molar-refractivity contribution in [3.63, 3.8) is 0 Å². The summed E-state index contributed by atoms with van der Waals surface area (Å²) in [7, 11) is 1.60. The summed E-state index contributed by atoms with van der Waals surface area (Å²) in [5, 5.41) is 3.23. The predicted octanol–water partition coefficient (Wildman–Crippen LogP) is 1.68. The molecule has 0 saturated heterocycles. The molecular weight excluding hydrogens is 216 g/mol. The fraction of sp³-hybridized carbons (Fsp3) is 0.167. The Bertz CT molecular complexity index is 501. The molecule has 17 heavy (non-hydrogen) atoms. The molecule has 0 bridgehead atoms. The van der Waals surface area contributed by atoms with Gasteiger partial charge in [-0.1, -0.05) is 0 Å². The number of pyridine rings is 2. The molecule has 0 aliphatic rings. The number of nitrogens with zero attached hydrogens (tertiary/aromatic N) is 2. The quantitative estimate of drug-likeness (QED) is 0.836. The largest absolute Gasteiger partial charge is 0.481 e. The minimum Gasteiger partial charge on any atom is -0.481 e. The first kappa shape index (κ1) is 11.2. The first-order valence-corrected chi connectivity index (χ1v) is 5.21. The van der Waals surface area contributed by atoms with Crippen molar-refractivity contribution < 1.29 is 4.74 Å². The van der Waals surface area contributed by atoms with Gasteiger partial charge in [0.2, 0.25) is 5.88 Å². The Kier molecular flexibility index (Phi) is 3.40. The van der Waals surface area contributed by atoms with E-state index in [2.05, 4.69) is 15.3 Å². The van der Waals surface area contributed by atoms with Gasteiger partial charge in [-0.25, -0.2) is 4.98 Å². The molecule has 0 fully saturated rings. The zero-order chi connectivity index (χ0) is 12.1. The first-order valence-electron chi connectivity index (χ1n) is 5.21. The fourth-order valence-corrected chi connectivity index (χ4v) is 1.43. The van der Waals surface area contributed by atoms with Crippen LogP contribution in [0.1, 0.15) is 5.56 Å². The second kappa shape index (κ2) is 5.16. The van der Waals surface area contributed by atoms with Crippen molar-refractivity contribution in [1.82, 2.24) is 9.97 Å². The molecule has 0 spiro atoms. The maximum absolute atomic E-state index is 5.64. The van der Waals surface area contributed by atoms with Gasteiger partial charge >= 0.3 is 0 Å². The van der Waals surface area contributed by atoms with E-state index in [1.165, 1.54) is 0 Å². The Morgan fingerprint density at radius 1 is 1.35 bits per heavy atom. The van der Waals surface area contributed by atoms with Crippen LogP contribution in [-0.4, -0.2) is 17.1 Å². The summed E-state index contributed by atoms with van der Waals surface area (Å²) in [6, 6.07) is 5.65. The summed E-state index contributed by atoms with van der Waals surface area (Å²) in [6.07, 6.45) is 5.06. The van der Waals surface area contributed by atoms with Gasteiger partial charge in [-0.2, -0.15) is 0 Å². The summed E-state index contributed by atoms with van der Waals surface area (Å²) >= 11 is 0. The van der Waals surface area contributed by atoms with E-state index in [-0.39, 0.29) is 0 Å². The van der Waals surface area contributed by atoms with E-state index in [0.29, 0.717) is 18.1 Å². The van der Waals surface area contributed by atoms with Gasteiger partial charge in [0.25, 0.3) is 0 Å². The number of hydrogen-bond acceptors (Lipinski definition) is 5. The maximum atomic E-state index is 5.64. The molecule has 0 aliphatic heterocycles. The van der Waals surface area contributed by atoms with Gasteiger partial charge in [-0.3, -0.25) is 4.98 Å². The Morgan fingerprint density at radius 2 is 2.24 bits per heavy atom. The van der Waals surface area contributed by atoms with Crippen LogP contribution in [0.4, 0.5) is 11.4 Å². The van der Waals surface area contributed by atoms with Crippen LogP contribution < -0.4 is 15.8 Å². The highest BCUT2D eigenvalue weighted by Gasteiger charge is 1.98. The van der Waals surface area contributed by atoms with E-state index in [1.807, 2.05) is 18.2 Å². The average Bonchev–Trinajstić information content (AvgIpc) is 2.37. The van der Waals surface area contributed by atoms with E-state index in [1.54, 1.807) is 25.7 Å². The number of ether oxygens (including phenoxy) is 1. The molecule has 0 unspecified atom stereocenters. The first-order chi connectivity index (χ1) is 8.28. The molecule has 0 saturated carbocycles. The molecule has 0 atom stereocenters. The number of anilines is 2. The molecule has 0 aromatic carbocycles. The number of hydrogen-bond donors (Lipinski definition) is 2. The number of methoxy groups -OCH3 is 1. The SMILES string of the molecule is COc1cc(CNc2cncc(N)c2)ccn1. The van der Waals surface area contributed by atoms with Crippen molar-refractivity contribution in [1.29, 1.82) is 0 Å². The highest BCUT2D eigenvalue weighted by Crippen LogP contribution is 2.13. The summed E-state index contributed by atoms with van der Waals surface area (Å²) < 4.78 is 5.05. The van der Waals surface area contributed by atoms with Gasteiger partial charge < -0.3 is 15.8 Å². The van der Waals surface area contributed by atoms with Crippen molar-refractivity contribution in [3.05, 3.63) is 42.4 Å². The van der Waals surface area contributed by atoms with E-state index >= 15 is 0 Å². The highest BCUT2D eigenvalue weighted by atomic mass is 16.5.